The Morgan fingerprint density at radius 3 is 2.33 bits per heavy atom. The van der Waals surface area contributed by atoms with Crippen molar-refractivity contribution in [2.24, 2.45) is 0 Å². The minimum atomic E-state index is -1.30. The predicted octanol–water partition coefficient (Wildman–Crippen LogP) is 1.19. The number of carbonyl (C=O) groups excluding carboxylic acids is 1. The first-order valence-corrected chi connectivity index (χ1v) is 8.22. The van der Waals surface area contributed by atoms with Crippen LogP contribution in [-0.2, 0) is 9.59 Å². The molecule has 3 N–H and O–H groups in total. The van der Waals surface area contributed by atoms with Crippen LogP contribution in [0.15, 0.2) is 64.2 Å². The fraction of sp³-hybridized carbons (Fsp3) is 0.158. The summed E-state index contributed by atoms with van der Waals surface area (Å²) >= 11 is 0. The van der Waals surface area contributed by atoms with E-state index in [1.165, 1.54) is 6.92 Å². The molecular weight excluding hydrogens is 350 g/mol. The van der Waals surface area contributed by atoms with Gasteiger partial charge in [0.15, 0.2) is 6.04 Å². The van der Waals surface area contributed by atoms with E-state index in [1.807, 2.05) is 0 Å². The molecule has 0 saturated heterocycles. The van der Waals surface area contributed by atoms with E-state index in [2.05, 4.69) is 10.3 Å². The normalized spacial score (nSPS) is 13.1. The highest BCUT2D eigenvalue weighted by molar-refractivity contribution is 5.87. The number of aliphatic carboxylic acids is 1. The maximum absolute atomic E-state index is 12.6. The van der Waals surface area contributed by atoms with Crippen LogP contribution in [0, 0.1) is 0 Å². The van der Waals surface area contributed by atoms with Crippen molar-refractivity contribution in [3.05, 3.63) is 81.0 Å². The zero-order chi connectivity index (χ0) is 19.6. The van der Waals surface area contributed by atoms with Gasteiger partial charge in [-0.3, -0.25) is 9.59 Å². The van der Waals surface area contributed by atoms with Crippen molar-refractivity contribution in [3.8, 4) is 0 Å². The minimum Gasteiger partial charge on any atom is -0.479 e. The molecule has 1 amide bonds. The third-order valence-corrected chi connectivity index (χ3v) is 4.27. The average molecular weight is 367 g/mol. The SMILES string of the molecule is C[C@@H](C(=O)N[C@H](C(=O)O)c1ccccc1)n1c(=O)[nH]c2ccccc2c1=O. The molecule has 0 aliphatic heterocycles. The van der Waals surface area contributed by atoms with Crippen molar-refractivity contribution in [1.82, 2.24) is 14.9 Å². The number of aromatic amines is 1. The highest BCUT2D eigenvalue weighted by Gasteiger charge is 2.27. The second kappa shape index (κ2) is 7.28. The molecule has 0 fully saturated rings. The molecule has 0 unspecified atom stereocenters. The van der Waals surface area contributed by atoms with Gasteiger partial charge >= 0.3 is 11.7 Å². The van der Waals surface area contributed by atoms with Crippen molar-refractivity contribution in [2.45, 2.75) is 19.0 Å². The maximum Gasteiger partial charge on any atom is 0.330 e. The quantitative estimate of drug-likeness (QED) is 0.625. The van der Waals surface area contributed by atoms with Gasteiger partial charge in [0.2, 0.25) is 5.91 Å². The van der Waals surface area contributed by atoms with E-state index in [0.717, 1.165) is 4.57 Å². The summed E-state index contributed by atoms with van der Waals surface area (Å²) < 4.78 is 0.779. The van der Waals surface area contributed by atoms with E-state index in [4.69, 9.17) is 0 Å². The van der Waals surface area contributed by atoms with Crippen LogP contribution in [0.2, 0.25) is 0 Å². The number of carboxylic acid groups (broad SMARTS) is 1. The Morgan fingerprint density at radius 2 is 1.67 bits per heavy atom. The number of nitrogens with zero attached hydrogens (tertiary/aromatic N) is 1. The van der Waals surface area contributed by atoms with Gasteiger partial charge in [-0.25, -0.2) is 14.2 Å². The standard InChI is InChI=1S/C19H17N3O5/c1-11(16(23)21-15(18(25)26)12-7-3-2-4-8-12)22-17(24)13-9-5-6-10-14(13)20-19(22)27/h2-11,15H,1H3,(H,20,27)(H,21,23)(H,25,26)/t11-,15-/m0/s1. The van der Waals surface area contributed by atoms with E-state index in [9.17, 15) is 24.3 Å². The van der Waals surface area contributed by atoms with Crippen molar-refractivity contribution in [3.63, 3.8) is 0 Å². The van der Waals surface area contributed by atoms with E-state index in [-0.39, 0.29) is 5.39 Å². The summed E-state index contributed by atoms with van der Waals surface area (Å²) in [6, 6.07) is 12.1. The zero-order valence-corrected chi connectivity index (χ0v) is 14.4. The number of para-hydroxylation sites is 1. The topological polar surface area (TPSA) is 121 Å². The number of fused-ring (bicyclic) bond motifs is 1. The third kappa shape index (κ3) is 3.50. The Bertz CT molecular complexity index is 1120. The Morgan fingerprint density at radius 1 is 1.04 bits per heavy atom. The summed E-state index contributed by atoms with van der Waals surface area (Å²) in [4.78, 5) is 51.6. The molecule has 0 radical (unpaired) electrons. The fourth-order valence-electron chi connectivity index (χ4n) is 2.84. The first kappa shape index (κ1) is 18.1. The lowest BCUT2D eigenvalue weighted by atomic mass is 10.1. The molecule has 8 nitrogen and oxygen atoms in total. The lowest BCUT2D eigenvalue weighted by Crippen LogP contribution is -2.45. The minimum absolute atomic E-state index is 0.259. The molecule has 8 heteroatoms. The summed E-state index contributed by atoms with van der Waals surface area (Å²) in [6.45, 7) is 1.37. The van der Waals surface area contributed by atoms with Gasteiger partial charge in [0.25, 0.3) is 5.56 Å². The molecule has 2 atom stereocenters. The monoisotopic (exact) mass is 367 g/mol. The summed E-state index contributed by atoms with van der Waals surface area (Å²) in [5.74, 6) is -2.00. The van der Waals surface area contributed by atoms with Gasteiger partial charge in [-0.15, -0.1) is 0 Å². The lowest BCUT2D eigenvalue weighted by molar-refractivity contribution is -0.142. The number of hydrogen-bond donors (Lipinski definition) is 3. The summed E-state index contributed by atoms with van der Waals surface area (Å²) in [7, 11) is 0. The third-order valence-electron chi connectivity index (χ3n) is 4.27. The van der Waals surface area contributed by atoms with E-state index in [0.29, 0.717) is 11.1 Å². The number of hydrogen-bond acceptors (Lipinski definition) is 4. The Kier molecular flexibility index (Phi) is 4.89. The molecule has 0 spiro atoms. The van der Waals surface area contributed by atoms with Crippen LogP contribution in [0.1, 0.15) is 24.6 Å². The largest absolute Gasteiger partial charge is 0.479 e. The molecule has 3 rings (SSSR count). The number of carboxylic acids is 1. The number of benzene rings is 2. The predicted molar refractivity (Wildman–Crippen MR) is 98.5 cm³/mol. The number of rotatable bonds is 5. The van der Waals surface area contributed by atoms with Gasteiger partial charge < -0.3 is 15.4 Å². The van der Waals surface area contributed by atoms with E-state index < -0.39 is 35.2 Å². The molecule has 0 bridgehead atoms. The fourth-order valence-corrected chi connectivity index (χ4v) is 2.84. The second-order valence-electron chi connectivity index (χ2n) is 6.02. The number of amides is 1. The number of carbonyl (C=O) groups is 2. The summed E-state index contributed by atoms with van der Waals surface area (Å²) in [5, 5.41) is 12.1. The number of nitrogens with one attached hydrogen (secondary N) is 2. The average Bonchev–Trinajstić information content (AvgIpc) is 2.66. The Labute approximate surface area is 153 Å². The zero-order valence-electron chi connectivity index (χ0n) is 14.4. The maximum atomic E-state index is 12.6. The summed E-state index contributed by atoms with van der Waals surface area (Å²) in [6.07, 6.45) is 0. The van der Waals surface area contributed by atoms with Crippen molar-refractivity contribution >= 4 is 22.8 Å². The van der Waals surface area contributed by atoms with Crippen LogP contribution in [0.4, 0.5) is 0 Å². The van der Waals surface area contributed by atoms with Gasteiger partial charge in [-0.05, 0) is 24.6 Å². The van der Waals surface area contributed by atoms with Gasteiger partial charge in [-0.1, -0.05) is 42.5 Å². The number of aromatic nitrogens is 2. The molecule has 27 heavy (non-hydrogen) atoms. The van der Waals surface area contributed by atoms with Crippen LogP contribution in [0.5, 0.6) is 0 Å². The van der Waals surface area contributed by atoms with E-state index >= 15 is 0 Å². The molecule has 0 saturated carbocycles. The van der Waals surface area contributed by atoms with Crippen molar-refractivity contribution in [1.29, 1.82) is 0 Å². The van der Waals surface area contributed by atoms with Gasteiger partial charge in [0.1, 0.15) is 6.04 Å². The van der Waals surface area contributed by atoms with E-state index in [1.54, 1.807) is 54.6 Å². The van der Waals surface area contributed by atoms with Crippen molar-refractivity contribution in [2.75, 3.05) is 0 Å². The molecule has 138 valence electrons. The molecule has 0 aliphatic rings. The van der Waals surface area contributed by atoms with Gasteiger partial charge in [-0.2, -0.15) is 0 Å². The van der Waals surface area contributed by atoms with Crippen LogP contribution >= 0.6 is 0 Å². The summed E-state index contributed by atoms with van der Waals surface area (Å²) in [5.41, 5.74) is -0.620. The highest BCUT2D eigenvalue weighted by atomic mass is 16.4. The second-order valence-corrected chi connectivity index (χ2v) is 6.02. The van der Waals surface area contributed by atoms with Crippen LogP contribution < -0.4 is 16.6 Å². The molecular formula is C19H17N3O5. The first-order valence-electron chi connectivity index (χ1n) is 8.22. The molecule has 1 heterocycles. The van der Waals surface area contributed by atoms with Gasteiger partial charge in [0, 0.05) is 0 Å². The Balaban J connectivity index is 1.96. The van der Waals surface area contributed by atoms with Gasteiger partial charge in [0.05, 0.1) is 10.9 Å². The molecule has 0 aliphatic carbocycles. The molecule has 1 aromatic heterocycles. The van der Waals surface area contributed by atoms with Crippen molar-refractivity contribution < 1.29 is 14.7 Å². The number of H-pyrrole nitrogens is 1. The van der Waals surface area contributed by atoms with Crippen LogP contribution in [0.3, 0.4) is 0 Å². The highest BCUT2D eigenvalue weighted by Crippen LogP contribution is 2.14. The Hall–Kier alpha value is -3.68. The van der Waals surface area contributed by atoms with Crippen LogP contribution in [0.25, 0.3) is 10.9 Å². The first-order chi connectivity index (χ1) is 12.9. The molecule has 3 aromatic rings. The smallest absolute Gasteiger partial charge is 0.330 e. The lowest BCUT2D eigenvalue weighted by Gasteiger charge is -2.19. The molecule has 2 aromatic carbocycles. The van der Waals surface area contributed by atoms with Crippen LogP contribution in [-0.4, -0.2) is 26.5 Å².